The first-order valence-electron chi connectivity index (χ1n) is 8.46. The number of hydrogen-bond acceptors (Lipinski definition) is 4. The lowest BCUT2D eigenvalue weighted by molar-refractivity contribution is -0.139. The molecule has 0 saturated heterocycles. The SMILES string of the molecule is Cc1cc(OCC(=O)O)ccc1CC(C)NCC(O)c1cccc(Cl)c1. The highest BCUT2D eigenvalue weighted by molar-refractivity contribution is 6.30. The lowest BCUT2D eigenvalue weighted by Gasteiger charge is -2.19. The van der Waals surface area contributed by atoms with E-state index in [2.05, 4.69) is 12.2 Å². The summed E-state index contributed by atoms with van der Waals surface area (Å²) in [6, 6.07) is 12.9. The Morgan fingerprint density at radius 3 is 2.69 bits per heavy atom. The molecular weight excluding hydrogens is 354 g/mol. The molecule has 0 heterocycles. The third kappa shape index (κ3) is 6.33. The number of carbonyl (C=O) groups is 1. The summed E-state index contributed by atoms with van der Waals surface area (Å²) in [6.45, 7) is 4.11. The molecule has 0 aliphatic carbocycles. The van der Waals surface area contributed by atoms with Gasteiger partial charge in [-0.05, 0) is 61.2 Å². The van der Waals surface area contributed by atoms with Gasteiger partial charge in [-0.2, -0.15) is 0 Å². The Morgan fingerprint density at radius 2 is 2.04 bits per heavy atom. The van der Waals surface area contributed by atoms with Crippen molar-refractivity contribution in [2.24, 2.45) is 0 Å². The van der Waals surface area contributed by atoms with Gasteiger partial charge in [-0.15, -0.1) is 0 Å². The zero-order valence-electron chi connectivity index (χ0n) is 14.9. The number of nitrogens with one attached hydrogen (secondary N) is 1. The Bertz CT molecular complexity index is 750. The van der Waals surface area contributed by atoms with Gasteiger partial charge in [-0.25, -0.2) is 4.79 Å². The third-order valence-corrected chi connectivity index (χ3v) is 4.33. The van der Waals surface area contributed by atoms with Gasteiger partial charge in [0.05, 0.1) is 6.10 Å². The number of ether oxygens (including phenoxy) is 1. The van der Waals surface area contributed by atoms with Crippen LogP contribution in [0.15, 0.2) is 42.5 Å². The maximum Gasteiger partial charge on any atom is 0.341 e. The molecule has 0 aliphatic rings. The van der Waals surface area contributed by atoms with E-state index in [4.69, 9.17) is 21.4 Å². The molecule has 2 aromatic carbocycles. The largest absolute Gasteiger partial charge is 0.482 e. The van der Waals surface area contributed by atoms with Crippen molar-refractivity contribution in [3.8, 4) is 5.75 Å². The summed E-state index contributed by atoms with van der Waals surface area (Å²) in [5.41, 5.74) is 2.97. The van der Waals surface area contributed by atoms with Crippen LogP contribution in [-0.2, 0) is 11.2 Å². The third-order valence-electron chi connectivity index (χ3n) is 4.10. The second-order valence-corrected chi connectivity index (χ2v) is 6.79. The van der Waals surface area contributed by atoms with Crippen LogP contribution in [-0.4, -0.2) is 35.4 Å². The zero-order valence-corrected chi connectivity index (χ0v) is 15.7. The first kappa shape index (κ1) is 20.2. The predicted octanol–water partition coefficient (Wildman–Crippen LogP) is 3.37. The van der Waals surface area contributed by atoms with Crippen molar-refractivity contribution in [2.45, 2.75) is 32.4 Å². The molecule has 2 atom stereocenters. The fourth-order valence-corrected chi connectivity index (χ4v) is 2.88. The highest BCUT2D eigenvalue weighted by Gasteiger charge is 2.12. The lowest BCUT2D eigenvalue weighted by Crippen LogP contribution is -2.32. The van der Waals surface area contributed by atoms with Gasteiger partial charge in [-0.3, -0.25) is 0 Å². The quantitative estimate of drug-likeness (QED) is 0.624. The minimum atomic E-state index is -0.997. The van der Waals surface area contributed by atoms with Crippen LogP contribution in [0.5, 0.6) is 5.75 Å². The number of carboxylic acid groups (broad SMARTS) is 1. The molecule has 0 bridgehead atoms. The minimum absolute atomic E-state index is 0.160. The van der Waals surface area contributed by atoms with E-state index in [1.54, 1.807) is 18.2 Å². The van der Waals surface area contributed by atoms with Gasteiger partial charge in [0.1, 0.15) is 5.75 Å². The highest BCUT2D eigenvalue weighted by atomic mass is 35.5. The number of carboxylic acids is 1. The molecule has 0 saturated carbocycles. The van der Waals surface area contributed by atoms with Crippen LogP contribution < -0.4 is 10.1 Å². The van der Waals surface area contributed by atoms with E-state index in [9.17, 15) is 9.90 Å². The first-order valence-corrected chi connectivity index (χ1v) is 8.84. The number of rotatable bonds is 9. The molecule has 0 spiro atoms. The lowest BCUT2D eigenvalue weighted by atomic mass is 10.0. The number of hydrogen-bond donors (Lipinski definition) is 3. The maximum atomic E-state index is 10.6. The molecule has 26 heavy (non-hydrogen) atoms. The summed E-state index contributed by atoms with van der Waals surface area (Å²) in [6.07, 6.45) is 0.164. The smallest absolute Gasteiger partial charge is 0.341 e. The molecule has 5 nitrogen and oxygen atoms in total. The molecule has 3 N–H and O–H groups in total. The van der Waals surface area contributed by atoms with Crippen molar-refractivity contribution in [3.63, 3.8) is 0 Å². The number of aryl methyl sites for hydroxylation is 1. The van der Waals surface area contributed by atoms with Gasteiger partial charge in [0.25, 0.3) is 0 Å². The fourth-order valence-electron chi connectivity index (χ4n) is 2.68. The molecule has 140 valence electrons. The van der Waals surface area contributed by atoms with E-state index < -0.39 is 12.1 Å². The second-order valence-electron chi connectivity index (χ2n) is 6.35. The summed E-state index contributed by atoms with van der Waals surface area (Å²) < 4.78 is 5.19. The van der Waals surface area contributed by atoms with Crippen LogP contribution in [0.1, 0.15) is 29.7 Å². The van der Waals surface area contributed by atoms with Crippen LogP contribution in [0, 0.1) is 6.92 Å². The van der Waals surface area contributed by atoms with Gasteiger partial charge >= 0.3 is 5.97 Å². The zero-order chi connectivity index (χ0) is 19.1. The van der Waals surface area contributed by atoms with Crippen LogP contribution in [0.2, 0.25) is 5.02 Å². The Morgan fingerprint density at radius 1 is 1.27 bits per heavy atom. The van der Waals surface area contributed by atoms with Gasteiger partial charge in [0.2, 0.25) is 0 Å². The molecule has 0 aromatic heterocycles. The number of aliphatic hydroxyl groups is 1. The van der Waals surface area contributed by atoms with Crippen LogP contribution in [0.25, 0.3) is 0 Å². The van der Waals surface area contributed by atoms with E-state index in [0.717, 1.165) is 23.1 Å². The highest BCUT2D eigenvalue weighted by Crippen LogP contribution is 2.20. The molecule has 2 aromatic rings. The standard InChI is InChI=1S/C20H24ClNO4/c1-13-8-18(26-12-20(24)25)7-6-15(13)9-14(2)22-11-19(23)16-4-3-5-17(21)10-16/h3-8,10,14,19,22-23H,9,11-12H2,1-2H3,(H,24,25). The van der Waals surface area contributed by atoms with Crippen LogP contribution >= 0.6 is 11.6 Å². The summed E-state index contributed by atoms with van der Waals surface area (Å²) in [5, 5.41) is 22.9. The van der Waals surface area contributed by atoms with E-state index in [1.165, 1.54) is 0 Å². The van der Waals surface area contributed by atoms with Crippen molar-refractivity contribution in [3.05, 3.63) is 64.2 Å². The molecule has 0 fully saturated rings. The maximum absolute atomic E-state index is 10.6. The van der Waals surface area contributed by atoms with E-state index >= 15 is 0 Å². The molecular formula is C20H24ClNO4. The number of benzene rings is 2. The average Bonchev–Trinajstić information content (AvgIpc) is 2.60. The number of halogens is 1. The average molecular weight is 378 g/mol. The number of aliphatic carboxylic acids is 1. The molecule has 2 rings (SSSR count). The van der Waals surface area contributed by atoms with Crippen molar-refractivity contribution < 1.29 is 19.7 Å². The van der Waals surface area contributed by atoms with Gasteiger partial charge < -0.3 is 20.3 Å². The van der Waals surface area contributed by atoms with Gasteiger partial charge in [-0.1, -0.05) is 29.8 Å². The Hall–Kier alpha value is -2.08. The topological polar surface area (TPSA) is 78.8 Å². The summed E-state index contributed by atoms with van der Waals surface area (Å²) in [7, 11) is 0. The minimum Gasteiger partial charge on any atom is -0.482 e. The van der Waals surface area contributed by atoms with Gasteiger partial charge in [0, 0.05) is 17.6 Å². The van der Waals surface area contributed by atoms with E-state index in [0.29, 0.717) is 17.3 Å². The Kier molecular flexibility index (Phi) is 7.45. The van der Waals surface area contributed by atoms with E-state index in [1.807, 2.05) is 31.2 Å². The van der Waals surface area contributed by atoms with Crippen molar-refractivity contribution >= 4 is 17.6 Å². The van der Waals surface area contributed by atoms with Gasteiger partial charge in [0.15, 0.2) is 6.61 Å². The Balaban J connectivity index is 1.87. The fraction of sp³-hybridized carbons (Fsp3) is 0.350. The van der Waals surface area contributed by atoms with Crippen molar-refractivity contribution in [1.29, 1.82) is 0 Å². The summed E-state index contributed by atoms with van der Waals surface area (Å²) in [4.78, 5) is 10.6. The molecule has 0 radical (unpaired) electrons. The monoisotopic (exact) mass is 377 g/mol. The van der Waals surface area contributed by atoms with Crippen LogP contribution in [0.4, 0.5) is 0 Å². The second kappa shape index (κ2) is 9.57. The molecule has 0 aliphatic heterocycles. The predicted molar refractivity (Wildman–Crippen MR) is 102 cm³/mol. The van der Waals surface area contributed by atoms with Crippen molar-refractivity contribution in [1.82, 2.24) is 5.32 Å². The van der Waals surface area contributed by atoms with Crippen molar-refractivity contribution in [2.75, 3.05) is 13.2 Å². The first-order chi connectivity index (χ1) is 12.3. The molecule has 6 heteroatoms. The van der Waals surface area contributed by atoms with E-state index in [-0.39, 0.29) is 12.6 Å². The number of aliphatic hydroxyl groups excluding tert-OH is 1. The summed E-state index contributed by atoms with van der Waals surface area (Å²) >= 11 is 5.95. The molecule has 0 amide bonds. The Labute approximate surface area is 158 Å². The van der Waals surface area contributed by atoms with Crippen LogP contribution in [0.3, 0.4) is 0 Å². The normalized spacial score (nSPS) is 13.2. The summed E-state index contributed by atoms with van der Waals surface area (Å²) in [5.74, 6) is -0.451. The molecule has 2 unspecified atom stereocenters.